The number of fused-ring (bicyclic) bond motifs is 8. The van der Waals surface area contributed by atoms with Gasteiger partial charge in [-0.1, -0.05) is 140 Å². The van der Waals surface area contributed by atoms with Gasteiger partial charge in [-0.3, -0.25) is 0 Å². The number of hydrogen-bond donors (Lipinski definition) is 0. The van der Waals surface area contributed by atoms with Gasteiger partial charge >= 0.3 is 0 Å². The van der Waals surface area contributed by atoms with E-state index >= 15 is 0 Å². The Morgan fingerprint density at radius 3 is 1.61 bits per heavy atom. The van der Waals surface area contributed by atoms with Crippen molar-refractivity contribution in [2.24, 2.45) is 0 Å². The molecule has 2 aromatic heterocycles. The summed E-state index contributed by atoms with van der Waals surface area (Å²) < 4.78 is 13.2. The Kier molecular flexibility index (Phi) is 5.31. The first kappa shape index (κ1) is 25.2. The normalized spacial score (nSPS) is 11.9. The van der Waals surface area contributed by atoms with E-state index in [0.717, 1.165) is 66.0 Å². The molecule has 2 heterocycles. The molecule has 2 heteroatoms. The van der Waals surface area contributed by atoms with Crippen LogP contribution >= 0.6 is 0 Å². The van der Waals surface area contributed by atoms with Crippen molar-refractivity contribution in [1.29, 1.82) is 0 Å². The van der Waals surface area contributed by atoms with Crippen LogP contribution in [0.15, 0.2) is 167 Å². The smallest absolute Gasteiger partial charge is 0.144 e. The Labute approximate surface area is 264 Å². The van der Waals surface area contributed by atoms with Gasteiger partial charge in [0.15, 0.2) is 0 Å². The molecule has 0 bridgehead atoms. The van der Waals surface area contributed by atoms with Crippen molar-refractivity contribution in [3.63, 3.8) is 0 Å². The van der Waals surface area contributed by atoms with Gasteiger partial charge in [0.05, 0.1) is 0 Å². The maximum atomic E-state index is 6.84. The first-order chi connectivity index (χ1) is 22.8. The molecule has 0 saturated carbocycles. The molecule has 0 unspecified atom stereocenters. The van der Waals surface area contributed by atoms with Gasteiger partial charge in [0.1, 0.15) is 22.3 Å². The van der Waals surface area contributed by atoms with E-state index in [4.69, 9.17) is 8.83 Å². The molecule has 0 N–H and O–H groups in total. The van der Waals surface area contributed by atoms with Crippen LogP contribution in [0.25, 0.3) is 98.8 Å². The van der Waals surface area contributed by atoms with Crippen LogP contribution in [-0.2, 0) is 0 Å². The highest BCUT2D eigenvalue weighted by atomic mass is 16.3. The van der Waals surface area contributed by atoms with Gasteiger partial charge in [0.2, 0.25) is 0 Å². The molecule has 0 aliphatic heterocycles. The van der Waals surface area contributed by atoms with Crippen molar-refractivity contribution < 1.29 is 8.83 Å². The van der Waals surface area contributed by atoms with Crippen molar-refractivity contribution in [3.05, 3.63) is 158 Å². The van der Waals surface area contributed by atoms with Gasteiger partial charge < -0.3 is 8.83 Å². The fraction of sp³-hybridized carbons (Fsp3) is 0. The molecule has 214 valence electrons. The lowest BCUT2D eigenvalue weighted by molar-refractivity contribution is 0.669. The maximum absolute atomic E-state index is 6.84. The van der Waals surface area contributed by atoms with E-state index in [-0.39, 0.29) is 0 Å². The minimum atomic E-state index is 0.881. The van der Waals surface area contributed by atoms with E-state index in [1.165, 1.54) is 32.8 Å². The lowest BCUT2D eigenvalue weighted by Crippen LogP contribution is -1.90. The summed E-state index contributed by atoms with van der Waals surface area (Å²) in [5.41, 5.74) is 10.5. The van der Waals surface area contributed by atoms with E-state index < -0.39 is 0 Å². The number of furan rings is 2. The van der Waals surface area contributed by atoms with Crippen molar-refractivity contribution in [1.82, 2.24) is 0 Å². The van der Waals surface area contributed by atoms with Crippen molar-refractivity contribution in [2.45, 2.75) is 0 Å². The van der Waals surface area contributed by atoms with Crippen LogP contribution in [0.2, 0.25) is 0 Å². The van der Waals surface area contributed by atoms with E-state index in [1.54, 1.807) is 0 Å². The molecule has 2 nitrogen and oxygen atoms in total. The maximum Gasteiger partial charge on any atom is 0.144 e. The molecule has 0 amide bonds. The van der Waals surface area contributed by atoms with Gasteiger partial charge in [-0.25, -0.2) is 0 Å². The number of hydrogen-bond acceptors (Lipinski definition) is 2. The molecule has 8 aromatic carbocycles. The highest BCUT2D eigenvalue weighted by molar-refractivity contribution is 6.29. The second kappa shape index (κ2) is 9.69. The Balaban J connectivity index is 1.30. The summed E-state index contributed by atoms with van der Waals surface area (Å²) in [7, 11) is 0. The lowest BCUT2D eigenvalue weighted by atomic mass is 9.86. The predicted molar refractivity (Wildman–Crippen MR) is 192 cm³/mol. The van der Waals surface area contributed by atoms with Crippen molar-refractivity contribution in [2.75, 3.05) is 0 Å². The zero-order valence-corrected chi connectivity index (χ0v) is 24.8. The van der Waals surface area contributed by atoms with Crippen LogP contribution in [0.4, 0.5) is 0 Å². The van der Waals surface area contributed by atoms with Crippen LogP contribution in [-0.4, -0.2) is 0 Å². The first-order valence-corrected chi connectivity index (χ1v) is 15.7. The Morgan fingerprint density at radius 1 is 0.304 bits per heavy atom. The van der Waals surface area contributed by atoms with Gasteiger partial charge in [-0.2, -0.15) is 0 Å². The second-order valence-corrected chi connectivity index (χ2v) is 12.0. The molecular formula is C44H26O2. The minimum absolute atomic E-state index is 0.881. The summed E-state index contributed by atoms with van der Waals surface area (Å²) in [5.74, 6) is 0. The molecule has 0 spiro atoms. The summed E-state index contributed by atoms with van der Waals surface area (Å²) in [6.07, 6.45) is 0. The molecule has 0 atom stereocenters. The summed E-state index contributed by atoms with van der Waals surface area (Å²) in [6, 6.07) is 55.9. The van der Waals surface area contributed by atoms with Crippen LogP contribution in [0, 0.1) is 0 Å². The molecule has 0 fully saturated rings. The monoisotopic (exact) mass is 586 g/mol. The third kappa shape index (κ3) is 3.59. The third-order valence-corrected chi connectivity index (χ3v) is 9.48. The second-order valence-electron chi connectivity index (χ2n) is 12.0. The minimum Gasteiger partial charge on any atom is -0.456 e. The summed E-state index contributed by atoms with van der Waals surface area (Å²) in [4.78, 5) is 0. The quantitative estimate of drug-likeness (QED) is 0.206. The number of rotatable bonds is 3. The highest BCUT2D eigenvalue weighted by Gasteiger charge is 2.24. The van der Waals surface area contributed by atoms with Gasteiger partial charge in [0.25, 0.3) is 0 Å². The average Bonchev–Trinajstić information content (AvgIpc) is 3.69. The molecule has 46 heavy (non-hydrogen) atoms. The Morgan fingerprint density at radius 2 is 0.826 bits per heavy atom. The Bertz CT molecular complexity index is 2790. The Hall–Kier alpha value is -6.12. The summed E-state index contributed by atoms with van der Waals surface area (Å²) in [6.45, 7) is 0. The zero-order chi connectivity index (χ0) is 30.2. The zero-order valence-electron chi connectivity index (χ0n) is 24.8. The summed E-state index contributed by atoms with van der Waals surface area (Å²) >= 11 is 0. The predicted octanol–water partition coefficient (Wildman–Crippen LogP) is 12.8. The molecule has 0 aliphatic carbocycles. The van der Waals surface area contributed by atoms with E-state index in [1.807, 2.05) is 18.2 Å². The van der Waals surface area contributed by atoms with Gasteiger partial charge in [-0.15, -0.1) is 0 Å². The first-order valence-electron chi connectivity index (χ1n) is 15.7. The molecular weight excluding hydrogens is 560 g/mol. The molecule has 10 rings (SSSR count). The molecule has 10 aromatic rings. The fourth-order valence-electron chi connectivity index (χ4n) is 7.49. The van der Waals surface area contributed by atoms with E-state index in [9.17, 15) is 0 Å². The molecule has 0 aliphatic rings. The fourth-order valence-corrected chi connectivity index (χ4v) is 7.49. The highest BCUT2D eigenvalue weighted by Crippen LogP contribution is 2.50. The lowest BCUT2D eigenvalue weighted by Gasteiger charge is -2.16. The average molecular weight is 587 g/mol. The molecule has 0 saturated heterocycles. The van der Waals surface area contributed by atoms with Crippen LogP contribution in [0.3, 0.4) is 0 Å². The van der Waals surface area contributed by atoms with Gasteiger partial charge in [0, 0.05) is 32.7 Å². The van der Waals surface area contributed by atoms with Crippen molar-refractivity contribution in [3.8, 4) is 33.4 Å². The van der Waals surface area contributed by atoms with E-state index in [0.29, 0.717) is 0 Å². The van der Waals surface area contributed by atoms with Crippen molar-refractivity contribution >= 4 is 65.4 Å². The van der Waals surface area contributed by atoms with Crippen LogP contribution in [0.1, 0.15) is 0 Å². The summed E-state index contributed by atoms with van der Waals surface area (Å²) in [5, 5.41) is 9.33. The van der Waals surface area contributed by atoms with Gasteiger partial charge in [-0.05, 0) is 62.0 Å². The SMILES string of the molecule is c1ccc2c(-c3ccc(-c4c5ccccc5c(-c5cccc6oc7ccccc7c56)c5c4oc4ccccc45)cc3)cccc2c1. The number of para-hydroxylation sites is 2. The molecule has 0 radical (unpaired) electrons. The largest absolute Gasteiger partial charge is 0.456 e. The van der Waals surface area contributed by atoms with Crippen LogP contribution < -0.4 is 0 Å². The van der Waals surface area contributed by atoms with E-state index in [2.05, 4.69) is 140 Å². The number of benzene rings is 8. The van der Waals surface area contributed by atoms with Crippen LogP contribution in [0.5, 0.6) is 0 Å². The standard InChI is InChI=1S/C44H26O2/c1-2-13-30-27(11-1)12-9-18-31(30)28-23-25-29(26-24-28)40-32-14-3-4-15-33(32)42(43-35-17-6-8-21-38(35)46-44(40)43)36-19-10-22-39-41(36)34-16-5-7-20-37(34)45-39/h1-26H. The topological polar surface area (TPSA) is 26.3 Å². The third-order valence-electron chi connectivity index (χ3n) is 9.48.